The van der Waals surface area contributed by atoms with Gasteiger partial charge in [0.1, 0.15) is 0 Å². The number of nitrogens with one attached hydrogen (secondary N) is 1. The van der Waals surface area contributed by atoms with E-state index in [1.165, 1.54) is 16.0 Å². The lowest BCUT2D eigenvalue weighted by Gasteiger charge is -2.38. The van der Waals surface area contributed by atoms with Crippen molar-refractivity contribution in [1.82, 2.24) is 14.8 Å². The monoisotopic (exact) mass is 551 g/mol. The van der Waals surface area contributed by atoms with Crippen LogP contribution in [0.4, 0.5) is 24.0 Å². The molecule has 1 aliphatic rings. The standard InChI is InChI=1S/C22H23Cl3F3N5S/c1-12-9-18(16(24)10-15(12)23)32-6-3-14(4-7-32)17(30-21-29-5-8-34-21)11-33-13(2)19(25)20(31-33)22(26,27)28/h5,8-10,14,17H,3-4,6-7,11H2,1-2H3,(H,29,30). The van der Waals surface area contributed by atoms with Crippen LogP contribution in [0.25, 0.3) is 0 Å². The molecule has 1 saturated heterocycles. The molecule has 0 bridgehead atoms. The Labute approximate surface area is 214 Å². The molecular formula is C22H23Cl3F3N5S. The lowest BCUT2D eigenvalue weighted by molar-refractivity contribution is -0.141. The van der Waals surface area contributed by atoms with E-state index in [0.717, 1.165) is 42.3 Å². The van der Waals surface area contributed by atoms with Gasteiger partial charge in [-0.05, 0) is 50.3 Å². The van der Waals surface area contributed by atoms with Gasteiger partial charge in [0.05, 0.1) is 34.0 Å². The molecule has 0 amide bonds. The number of hydrogen-bond donors (Lipinski definition) is 1. The molecule has 1 atom stereocenters. The van der Waals surface area contributed by atoms with E-state index in [4.69, 9.17) is 34.8 Å². The van der Waals surface area contributed by atoms with E-state index in [0.29, 0.717) is 15.7 Å². The molecule has 0 aliphatic carbocycles. The number of halogens is 6. The summed E-state index contributed by atoms with van der Waals surface area (Å²) in [5.41, 5.74) is 1.14. The quantitative estimate of drug-likeness (QED) is 0.348. The smallest absolute Gasteiger partial charge is 0.370 e. The van der Waals surface area contributed by atoms with E-state index in [1.54, 1.807) is 19.2 Å². The molecule has 184 valence electrons. The number of thiazole rings is 1. The maximum absolute atomic E-state index is 13.3. The van der Waals surface area contributed by atoms with Crippen LogP contribution in [0.5, 0.6) is 0 Å². The van der Waals surface area contributed by atoms with Gasteiger partial charge in [-0.2, -0.15) is 18.3 Å². The number of nitrogens with zero attached hydrogens (tertiary/aromatic N) is 4. The number of benzene rings is 1. The fourth-order valence-electron chi connectivity index (χ4n) is 4.26. The van der Waals surface area contributed by atoms with Crippen molar-refractivity contribution in [3.05, 3.63) is 55.7 Å². The van der Waals surface area contributed by atoms with Crippen molar-refractivity contribution >= 4 is 57.0 Å². The van der Waals surface area contributed by atoms with Crippen LogP contribution in [0, 0.1) is 19.8 Å². The van der Waals surface area contributed by atoms with Gasteiger partial charge in [-0.3, -0.25) is 4.68 Å². The molecule has 0 spiro atoms. The van der Waals surface area contributed by atoms with Gasteiger partial charge in [0, 0.05) is 29.7 Å². The number of rotatable bonds is 6. The van der Waals surface area contributed by atoms with Crippen molar-refractivity contribution < 1.29 is 13.2 Å². The molecule has 0 radical (unpaired) electrons. The van der Waals surface area contributed by atoms with Crippen LogP contribution in [-0.4, -0.2) is 33.9 Å². The summed E-state index contributed by atoms with van der Waals surface area (Å²) in [6.07, 6.45) is -1.27. The summed E-state index contributed by atoms with van der Waals surface area (Å²) < 4.78 is 41.3. The molecule has 0 saturated carbocycles. The van der Waals surface area contributed by atoms with Gasteiger partial charge in [-0.25, -0.2) is 4.98 Å². The highest BCUT2D eigenvalue weighted by molar-refractivity contribution is 7.13. The number of aromatic nitrogens is 3. The second kappa shape index (κ2) is 10.1. The molecule has 1 fully saturated rings. The van der Waals surface area contributed by atoms with Crippen molar-refractivity contribution in [2.75, 3.05) is 23.3 Å². The molecule has 1 aliphatic heterocycles. The summed E-state index contributed by atoms with van der Waals surface area (Å²) >= 11 is 20.0. The Balaban J connectivity index is 1.53. The molecule has 2 aromatic heterocycles. The van der Waals surface area contributed by atoms with E-state index in [2.05, 4.69) is 20.3 Å². The Bertz CT molecular complexity index is 1140. The first-order valence-corrected chi connectivity index (χ1v) is 12.7. The van der Waals surface area contributed by atoms with Crippen LogP contribution in [0.2, 0.25) is 15.1 Å². The summed E-state index contributed by atoms with van der Waals surface area (Å²) in [5, 5.41) is 10.7. The summed E-state index contributed by atoms with van der Waals surface area (Å²) in [5.74, 6) is 0.184. The van der Waals surface area contributed by atoms with E-state index < -0.39 is 11.9 Å². The van der Waals surface area contributed by atoms with E-state index in [9.17, 15) is 13.2 Å². The minimum atomic E-state index is -4.60. The van der Waals surface area contributed by atoms with E-state index in [-0.39, 0.29) is 23.5 Å². The first-order chi connectivity index (χ1) is 16.0. The Hall–Kier alpha value is -1.68. The van der Waals surface area contributed by atoms with E-state index >= 15 is 0 Å². The van der Waals surface area contributed by atoms with Crippen molar-refractivity contribution in [1.29, 1.82) is 0 Å². The Morgan fingerprint density at radius 3 is 2.44 bits per heavy atom. The minimum Gasteiger partial charge on any atom is -0.370 e. The van der Waals surface area contributed by atoms with Gasteiger partial charge in [0.15, 0.2) is 10.8 Å². The molecule has 12 heteroatoms. The van der Waals surface area contributed by atoms with Gasteiger partial charge in [-0.15, -0.1) is 11.3 Å². The summed E-state index contributed by atoms with van der Waals surface area (Å²) in [7, 11) is 0. The zero-order valence-corrected chi connectivity index (χ0v) is 21.5. The van der Waals surface area contributed by atoms with Gasteiger partial charge < -0.3 is 10.2 Å². The Morgan fingerprint density at radius 2 is 1.85 bits per heavy atom. The molecule has 5 nitrogen and oxygen atoms in total. The maximum Gasteiger partial charge on any atom is 0.436 e. The predicted octanol–water partition coefficient (Wildman–Crippen LogP) is 7.33. The van der Waals surface area contributed by atoms with E-state index in [1.807, 2.05) is 18.4 Å². The predicted molar refractivity (Wildman–Crippen MR) is 133 cm³/mol. The van der Waals surface area contributed by atoms with Crippen molar-refractivity contribution in [3.8, 4) is 0 Å². The van der Waals surface area contributed by atoms with Crippen LogP contribution in [0.3, 0.4) is 0 Å². The van der Waals surface area contributed by atoms with Crippen LogP contribution < -0.4 is 10.2 Å². The van der Waals surface area contributed by atoms with Crippen LogP contribution in [-0.2, 0) is 12.7 Å². The fourth-order valence-corrected chi connectivity index (χ4v) is 5.60. The third kappa shape index (κ3) is 5.42. The third-order valence-corrected chi connectivity index (χ3v) is 8.06. The minimum absolute atomic E-state index is 0.175. The molecule has 1 aromatic carbocycles. The molecule has 3 aromatic rings. The second-order valence-corrected chi connectivity index (χ2v) is 10.5. The zero-order valence-electron chi connectivity index (χ0n) is 18.5. The highest BCUT2D eigenvalue weighted by Crippen LogP contribution is 2.37. The van der Waals surface area contributed by atoms with Crippen LogP contribution in [0.15, 0.2) is 23.7 Å². The van der Waals surface area contributed by atoms with Crippen LogP contribution in [0.1, 0.15) is 29.8 Å². The number of anilines is 2. The van der Waals surface area contributed by atoms with Gasteiger partial charge in [0.2, 0.25) is 0 Å². The maximum atomic E-state index is 13.3. The normalized spacial score (nSPS) is 16.2. The number of aryl methyl sites for hydroxylation is 1. The Kier molecular flexibility index (Phi) is 7.57. The largest absolute Gasteiger partial charge is 0.436 e. The fraction of sp³-hybridized carbons (Fsp3) is 0.455. The highest BCUT2D eigenvalue weighted by Gasteiger charge is 2.39. The number of hydrogen-bond acceptors (Lipinski definition) is 5. The number of alkyl halides is 3. The lowest BCUT2D eigenvalue weighted by atomic mass is 9.89. The topological polar surface area (TPSA) is 46.0 Å². The first kappa shape index (κ1) is 25.4. The SMILES string of the molecule is Cc1cc(N2CCC(C(Cn3nc(C(F)(F)F)c(Cl)c3C)Nc3nccs3)CC2)c(Cl)cc1Cl. The summed E-state index contributed by atoms with van der Waals surface area (Å²) in [4.78, 5) is 6.52. The van der Waals surface area contributed by atoms with Crippen LogP contribution >= 0.6 is 46.1 Å². The van der Waals surface area contributed by atoms with Gasteiger partial charge >= 0.3 is 6.18 Å². The summed E-state index contributed by atoms with van der Waals surface area (Å²) in [6.45, 7) is 5.25. The van der Waals surface area contributed by atoms with Crippen molar-refractivity contribution in [2.45, 2.75) is 45.5 Å². The zero-order chi connectivity index (χ0) is 24.6. The molecule has 1 N–H and O–H groups in total. The highest BCUT2D eigenvalue weighted by atomic mass is 35.5. The molecule has 3 heterocycles. The third-order valence-electron chi connectivity index (χ3n) is 6.19. The lowest BCUT2D eigenvalue weighted by Crippen LogP contribution is -2.42. The summed E-state index contributed by atoms with van der Waals surface area (Å²) in [6, 6.07) is 3.57. The molecular weight excluding hydrogens is 530 g/mol. The van der Waals surface area contributed by atoms with Crippen molar-refractivity contribution in [2.24, 2.45) is 5.92 Å². The van der Waals surface area contributed by atoms with Gasteiger partial charge in [0.25, 0.3) is 0 Å². The molecule has 4 rings (SSSR count). The molecule has 1 unspecified atom stereocenters. The second-order valence-electron chi connectivity index (χ2n) is 8.39. The number of piperidine rings is 1. The average Bonchev–Trinajstić information content (AvgIpc) is 3.39. The molecule has 34 heavy (non-hydrogen) atoms. The Morgan fingerprint density at radius 1 is 1.15 bits per heavy atom. The first-order valence-electron chi connectivity index (χ1n) is 10.7. The van der Waals surface area contributed by atoms with Gasteiger partial charge in [-0.1, -0.05) is 34.8 Å². The average molecular weight is 553 g/mol. The van der Waals surface area contributed by atoms with Crippen molar-refractivity contribution in [3.63, 3.8) is 0 Å².